The van der Waals surface area contributed by atoms with E-state index >= 15 is 0 Å². The summed E-state index contributed by atoms with van der Waals surface area (Å²) >= 11 is 1.12. The maximum absolute atomic E-state index is 13.9. The monoisotopic (exact) mass is 579 g/mol. The Morgan fingerprint density at radius 2 is 1.75 bits per heavy atom. The van der Waals surface area contributed by atoms with Gasteiger partial charge in [0.1, 0.15) is 5.75 Å². The minimum absolute atomic E-state index is 0.0117. The van der Waals surface area contributed by atoms with Gasteiger partial charge in [-0.25, -0.2) is 8.42 Å². The van der Waals surface area contributed by atoms with Crippen LogP contribution < -0.4 is 19.2 Å². The highest BCUT2D eigenvalue weighted by atomic mass is 32.2. The van der Waals surface area contributed by atoms with Gasteiger partial charge in [0.25, 0.3) is 15.9 Å². The number of anilines is 2. The molecule has 0 aliphatic carbocycles. The number of fused-ring (bicyclic) bond motifs is 2. The van der Waals surface area contributed by atoms with Crippen LogP contribution in [0.4, 0.5) is 11.4 Å². The van der Waals surface area contributed by atoms with Crippen LogP contribution >= 0.6 is 11.3 Å². The van der Waals surface area contributed by atoms with E-state index in [-0.39, 0.29) is 27.8 Å². The summed E-state index contributed by atoms with van der Waals surface area (Å²) in [4.78, 5) is 26.0. The lowest BCUT2D eigenvalue weighted by Gasteiger charge is -2.36. The SMILES string of the molecule is Cc1ccc(S(=O)(=O)N2C[C@H](C(=O)Nc3ccc4c(c3)sc(=O)n4C(C)C)Oc3ccc(C(C)(C)C)cc32)cc1. The highest BCUT2D eigenvalue weighted by Gasteiger charge is 2.38. The van der Waals surface area contributed by atoms with E-state index in [1.165, 1.54) is 4.31 Å². The highest BCUT2D eigenvalue weighted by Crippen LogP contribution is 2.40. The van der Waals surface area contributed by atoms with Gasteiger partial charge in [0.05, 0.1) is 27.3 Å². The second-order valence-electron chi connectivity index (χ2n) is 11.4. The number of carbonyl (C=O) groups excluding carboxylic acids is 1. The summed E-state index contributed by atoms with van der Waals surface area (Å²) in [6, 6.07) is 17.4. The summed E-state index contributed by atoms with van der Waals surface area (Å²) < 4.78 is 37.6. The van der Waals surface area contributed by atoms with Gasteiger partial charge in [-0.15, -0.1) is 0 Å². The third-order valence-corrected chi connectivity index (χ3v) is 9.71. The number of sulfonamides is 1. The third kappa shape index (κ3) is 5.13. The van der Waals surface area contributed by atoms with Crippen LogP contribution in [0.3, 0.4) is 0 Å². The molecule has 40 heavy (non-hydrogen) atoms. The van der Waals surface area contributed by atoms with Crippen molar-refractivity contribution in [1.82, 2.24) is 4.57 Å². The molecule has 1 aromatic heterocycles. The molecule has 0 spiro atoms. The molecular formula is C30H33N3O5S2. The molecule has 2 heterocycles. The van der Waals surface area contributed by atoms with Crippen LogP contribution in [0.25, 0.3) is 10.2 Å². The smallest absolute Gasteiger partial charge is 0.308 e. The van der Waals surface area contributed by atoms with E-state index in [4.69, 9.17) is 4.74 Å². The number of aromatic nitrogens is 1. The first-order chi connectivity index (χ1) is 18.8. The first kappa shape index (κ1) is 27.9. The summed E-state index contributed by atoms with van der Waals surface area (Å²) in [5, 5.41) is 2.86. The number of amides is 1. The number of carbonyl (C=O) groups is 1. The van der Waals surface area contributed by atoms with Crippen molar-refractivity contribution >= 4 is 48.9 Å². The fourth-order valence-electron chi connectivity index (χ4n) is 4.75. The predicted octanol–water partition coefficient (Wildman–Crippen LogP) is 5.84. The van der Waals surface area contributed by atoms with Gasteiger partial charge in [0, 0.05) is 11.7 Å². The number of hydrogen-bond acceptors (Lipinski definition) is 6. The molecule has 3 aromatic carbocycles. The lowest BCUT2D eigenvalue weighted by atomic mass is 9.86. The lowest BCUT2D eigenvalue weighted by molar-refractivity contribution is -0.122. The molecule has 210 valence electrons. The number of aryl methyl sites for hydroxylation is 1. The Hall–Kier alpha value is -3.63. The maximum Gasteiger partial charge on any atom is 0.308 e. The molecule has 1 aliphatic rings. The standard InChI is InChI=1S/C30H33N3O5S2/c1-18(2)33-23-13-10-21(16-27(23)39-29(33)35)31-28(34)26-17-32(40(36,37)22-11-7-19(3)8-12-22)24-15-20(30(4,5)6)9-14-25(24)38-26/h7-16,18,26H,17H2,1-6H3,(H,31,34)/t26-/m1/s1. The number of nitrogens with one attached hydrogen (secondary N) is 1. The van der Waals surface area contributed by atoms with Crippen molar-refractivity contribution in [3.05, 3.63) is 81.5 Å². The topological polar surface area (TPSA) is 97.7 Å². The van der Waals surface area contributed by atoms with Gasteiger partial charge in [-0.05, 0) is 74.2 Å². The van der Waals surface area contributed by atoms with E-state index in [2.05, 4.69) is 26.1 Å². The molecule has 4 aromatic rings. The van der Waals surface area contributed by atoms with Crippen molar-refractivity contribution in [2.75, 3.05) is 16.2 Å². The number of hydrogen-bond donors (Lipinski definition) is 1. The van der Waals surface area contributed by atoms with E-state index in [0.29, 0.717) is 17.1 Å². The zero-order valence-electron chi connectivity index (χ0n) is 23.4. The van der Waals surface area contributed by atoms with Gasteiger partial charge in [-0.3, -0.25) is 18.5 Å². The van der Waals surface area contributed by atoms with E-state index in [0.717, 1.165) is 32.7 Å². The molecule has 1 aliphatic heterocycles. The highest BCUT2D eigenvalue weighted by molar-refractivity contribution is 7.92. The van der Waals surface area contributed by atoms with Crippen LogP contribution in [0.5, 0.6) is 5.75 Å². The first-order valence-electron chi connectivity index (χ1n) is 13.1. The van der Waals surface area contributed by atoms with Gasteiger partial charge >= 0.3 is 4.87 Å². The van der Waals surface area contributed by atoms with E-state index in [1.807, 2.05) is 39.0 Å². The molecule has 0 unspecified atom stereocenters. The van der Waals surface area contributed by atoms with Crippen molar-refractivity contribution in [3.8, 4) is 5.75 Å². The van der Waals surface area contributed by atoms with Crippen molar-refractivity contribution in [1.29, 1.82) is 0 Å². The number of ether oxygens (including phenoxy) is 1. The Kier molecular flexibility index (Phi) is 7.04. The van der Waals surface area contributed by atoms with Crippen LogP contribution in [0, 0.1) is 6.92 Å². The van der Waals surface area contributed by atoms with Crippen LogP contribution in [-0.4, -0.2) is 31.5 Å². The van der Waals surface area contributed by atoms with Crippen LogP contribution in [-0.2, 0) is 20.2 Å². The molecule has 0 radical (unpaired) electrons. The molecule has 0 bridgehead atoms. The Labute approximate surface area is 238 Å². The number of rotatable bonds is 5. The summed E-state index contributed by atoms with van der Waals surface area (Å²) in [7, 11) is -4.00. The van der Waals surface area contributed by atoms with E-state index < -0.39 is 22.0 Å². The fraction of sp³-hybridized carbons (Fsp3) is 0.333. The average molecular weight is 580 g/mol. The van der Waals surface area contributed by atoms with Crippen LogP contribution in [0.2, 0.25) is 0 Å². The van der Waals surface area contributed by atoms with Gasteiger partial charge in [0.2, 0.25) is 0 Å². The first-order valence-corrected chi connectivity index (χ1v) is 15.4. The van der Waals surface area contributed by atoms with Crippen molar-refractivity contribution in [2.45, 2.75) is 64.0 Å². The minimum Gasteiger partial charge on any atom is -0.476 e. The second kappa shape index (κ2) is 10.1. The van der Waals surface area contributed by atoms with Crippen LogP contribution in [0.15, 0.2) is 70.4 Å². The molecule has 1 N–H and O–H groups in total. The fourth-order valence-corrected chi connectivity index (χ4v) is 7.27. The summed E-state index contributed by atoms with van der Waals surface area (Å²) in [6.07, 6.45) is -1.09. The normalized spacial score (nSPS) is 15.7. The van der Waals surface area contributed by atoms with Crippen molar-refractivity contribution in [2.24, 2.45) is 0 Å². The molecule has 8 nitrogen and oxygen atoms in total. The molecule has 0 saturated heterocycles. The van der Waals surface area contributed by atoms with Crippen molar-refractivity contribution in [3.63, 3.8) is 0 Å². The largest absolute Gasteiger partial charge is 0.476 e. The molecule has 1 amide bonds. The summed E-state index contributed by atoms with van der Waals surface area (Å²) in [6.45, 7) is 11.7. The molecule has 5 rings (SSSR count). The Balaban J connectivity index is 1.50. The lowest BCUT2D eigenvalue weighted by Crippen LogP contribution is -2.49. The summed E-state index contributed by atoms with van der Waals surface area (Å²) in [5.74, 6) is -0.164. The average Bonchev–Trinajstić information content (AvgIpc) is 3.22. The second-order valence-corrected chi connectivity index (χ2v) is 14.2. The molecule has 10 heteroatoms. The zero-order chi connectivity index (χ0) is 29.0. The number of benzene rings is 3. The zero-order valence-corrected chi connectivity index (χ0v) is 25.0. The van der Waals surface area contributed by atoms with Crippen molar-refractivity contribution < 1.29 is 17.9 Å². The maximum atomic E-state index is 13.9. The predicted molar refractivity (Wildman–Crippen MR) is 160 cm³/mol. The molecule has 0 fully saturated rings. The Bertz CT molecular complexity index is 1760. The van der Waals surface area contributed by atoms with E-state index in [9.17, 15) is 18.0 Å². The van der Waals surface area contributed by atoms with Gasteiger partial charge in [-0.1, -0.05) is 55.9 Å². The van der Waals surface area contributed by atoms with Gasteiger partial charge < -0.3 is 10.1 Å². The summed E-state index contributed by atoms with van der Waals surface area (Å²) in [5.41, 5.74) is 3.37. The molecule has 1 atom stereocenters. The van der Waals surface area contributed by atoms with Gasteiger partial charge in [-0.2, -0.15) is 0 Å². The van der Waals surface area contributed by atoms with Crippen LogP contribution in [0.1, 0.15) is 51.8 Å². The quantitative estimate of drug-likeness (QED) is 0.320. The number of nitrogens with zero attached hydrogens (tertiary/aromatic N) is 2. The molecule has 0 saturated carbocycles. The Morgan fingerprint density at radius 3 is 2.40 bits per heavy atom. The Morgan fingerprint density at radius 1 is 1.05 bits per heavy atom. The third-order valence-electron chi connectivity index (χ3n) is 6.99. The minimum atomic E-state index is -4.00. The number of thiazole rings is 1. The van der Waals surface area contributed by atoms with E-state index in [1.54, 1.807) is 47.0 Å². The molecular weight excluding hydrogens is 546 g/mol. The van der Waals surface area contributed by atoms with Gasteiger partial charge in [0.15, 0.2) is 6.10 Å².